The summed E-state index contributed by atoms with van der Waals surface area (Å²) in [4.78, 5) is 15.3. The topological polar surface area (TPSA) is 38.7 Å². The summed E-state index contributed by atoms with van der Waals surface area (Å²) in [6, 6.07) is 14.2. The average Bonchev–Trinajstić information content (AvgIpc) is 2.39. The Hall–Kier alpha value is -2.49. The summed E-state index contributed by atoms with van der Waals surface area (Å²) in [5.74, 6) is -0.473. The zero-order valence-electron chi connectivity index (χ0n) is 9.42. The van der Waals surface area contributed by atoms with Gasteiger partial charge in [0.2, 0.25) is 0 Å². The Kier molecular flexibility index (Phi) is 3.81. The lowest BCUT2D eigenvalue weighted by Gasteiger charge is -1.99. The van der Waals surface area contributed by atoms with E-state index in [1.807, 2.05) is 6.07 Å². The number of carbonyl (C=O) groups excluding carboxylic acids is 1. The van der Waals surface area contributed by atoms with Crippen molar-refractivity contribution >= 4 is 17.9 Å². The fourth-order valence-corrected chi connectivity index (χ4v) is 1.29. The summed E-state index contributed by atoms with van der Waals surface area (Å²) in [7, 11) is 0. The van der Waals surface area contributed by atoms with Gasteiger partial charge >= 0.3 is 5.97 Å². The quantitative estimate of drug-likeness (QED) is 0.472. The molecule has 0 saturated heterocycles. The highest BCUT2D eigenvalue weighted by Gasteiger charge is 2.00. The van der Waals surface area contributed by atoms with E-state index >= 15 is 0 Å². The van der Waals surface area contributed by atoms with Gasteiger partial charge in [-0.25, -0.2) is 14.2 Å². The fraction of sp³-hybridized carbons (Fsp3) is 0. The first-order valence-electron chi connectivity index (χ1n) is 5.30. The van der Waals surface area contributed by atoms with Gasteiger partial charge < -0.3 is 4.74 Å². The lowest BCUT2D eigenvalue weighted by atomic mass is 10.3. The number of nitrogens with zero attached hydrogens (tertiary/aromatic N) is 1. The van der Waals surface area contributed by atoms with Crippen molar-refractivity contribution in [3.63, 3.8) is 0 Å². The molecule has 0 bridgehead atoms. The zero-order chi connectivity index (χ0) is 12.8. The number of hydrogen-bond donors (Lipinski definition) is 0. The molecule has 2 rings (SSSR count). The molecule has 2 aromatic rings. The molecule has 2 aromatic carbocycles. The minimum Gasteiger partial charge on any atom is -0.422 e. The van der Waals surface area contributed by atoms with Crippen LogP contribution in [0.3, 0.4) is 0 Å². The lowest BCUT2D eigenvalue weighted by molar-refractivity contribution is -0.126. The summed E-state index contributed by atoms with van der Waals surface area (Å²) in [5, 5.41) is 0. The second-order valence-electron chi connectivity index (χ2n) is 3.47. The van der Waals surface area contributed by atoms with E-state index in [1.165, 1.54) is 24.3 Å². The van der Waals surface area contributed by atoms with Crippen molar-refractivity contribution in [2.75, 3.05) is 0 Å². The second kappa shape index (κ2) is 5.72. The minimum absolute atomic E-state index is 0.346. The van der Waals surface area contributed by atoms with E-state index in [4.69, 9.17) is 4.74 Å². The van der Waals surface area contributed by atoms with Gasteiger partial charge in [0, 0.05) is 0 Å². The maximum atomic E-state index is 12.6. The SMILES string of the molecule is O=C(C=Nc1ccc(F)cc1)Oc1ccccc1. The van der Waals surface area contributed by atoms with Crippen LogP contribution in [0.15, 0.2) is 59.6 Å². The molecule has 0 aromatic heterocycles. The first-order valence-corrected chi connectivity index (χ1v) is 5.30. The number of ether oxygens (including phenoxy) is 1. The Morgan fingerprint density at radius 3 is 2.39 bits per heavy atom. The standard InChI is InChI=1S/C14H10FNO2/c15-11-6-8-12(9-7-11)16-10-14(17)18-13-4-2-1-3-5-13/h1-10H. The highest BCUT2D eigenvalue weighted by molar-refractivity contribution is 6.24. The molecular formula is C14H10FNO2. The Morgan fingerprint density at radius 2 is 1.72 bits per heavy atom. The van der Waals surface area contributed by atoms with Crippen LogP contribution in [0.5, 0.6) is 5.75 Å². The van der Waals surface area contributed by atoms with Crippen molar-refractivity contribution in [2.24, 2.45) is 4.99 Å². The van der Waals surface area contributed by atoms with Crippen LogP contribution < -0.4 is 4.74 Å². The van der Waals surface area contributed by atoms with E-state index in [9.17, 15) is 9.18 Å². The first kappa shape index (κ1) is 12.0. The Balaban J connectivity index is 1.97. The van der Waals surface area contributed by atoms with Gasteiger partial charge in [-0.15, -0.1) is 0 Å². The maximum Gasteiger partial charge on any atom is 0.354 e. The summed E-state index contributed by atoms with van der Waals surface area (Å²) < 4.78 is 17.6. The average molecular weight is 243 g/mol. The normalized spacial score (nSPS) is 10.5. The Morgan fingerprint density at radius 1 is 1.06 bits per heavy atom. The number of aliphatic imine (C=N–C) groups is 1. The summed E-state index contributed by atoms with van der Waals surface area (Å²) >= 11 is 0. The molecule has 90 valence electrons. The van der Waals surface area contributed by atoms with Gasteiger partial charge in [-0.05, 0) is 36.4 Å². The number of halogens is 1. The van der Waals surface area contributed by atoms with Crippen molar-refractivity contribution in [3.8, 4) is 5.75 Å². The minimum atomic E-state index is -0.578. The molecule has 0 heterocycles. The van der Waals surface area contributed by atoms with Gasteiger partial charge in [0.05, 0.1) is 5.69 Å². The van der Waals surface area contributed by atoms with Gasteiger partial charge in [-0.2, -0.15) is 0 Å². The molecule has 0 unspecified atom stereocenters. The molecule has 4 heteroatoms. The van der Waals surface area contributed by atoms with Gasteiger partial charge in [0.15, 0.2) is 0 Å². The highest BCUT2D eigenvalue weighted by atomic mass is 19.1. The number of carbonyl (C=O) groups is 1. The summed E-state index contributed by atoms with van der Waals surface area (Å²) in [6.07, 6.45) is 1.06. The Bertz CT molecular complexity index is 550. The number of benzene rings is 2. The van der Waals surface area contributed by atoms with E-state index in [0.29, 0.717) is 11.4 Å². The van der Waals surface area contributed by atoms with E-state index in [1.54, 1.807) is 24.3 Å². The van der Waals surface area contributed by atoms with Crippen LogP contribution in [0.2, 0.25) is 0 Å². The number of hydrogen-bond acceptors (Lipinski definition) is 3. The van der Waals surface area contributed by atoms with Crippen LogP contribution >= 0.6 is 0 Å². The summed E-state index contributed by atoms with van der Waals surface area (Å²) in [5.41, 5.74) is 0.487. The van der Waals surface area contributed by atoms with Gasteiger partial charge in [-0.3, -0.25) is 0 Å². The van der Waals surface area contributed by atoms with Crippen LogP contribution in [0.25, 0.3) is 0 Å². The molecule has 0 N–H and O–H groups in total. The molecule has 0 radical (unpaired) electrons. The van der Waals surface area contributed by atoms with Crippen LogP contribution in [0, 0.1) is 5.82 Å². The second-order valence-corrected chi connectivity index (χ2v) is 3.47. The van der Waals surface area contributed by atoms with Crippen molar-refractivity contribution in [3.05, 3.63) is 60.4 Å². The van der Waals surface area contributed by atoms with Gasteiger partial charge in [0.25, 0.3) is 0 Å². The van der Waals surface area contributed by atoms with Crippen molar-refractivity contribution in [1.82, 2.24) is 0 Å². The lowest BCUT2D eigenvalue weighted by Crippen LogP contribution is -2.08. The van der Waals surface area contributed by atoms with E-state index in [0.717, 1.165) is 6.21 Å². The third kappa shape index (κ3) is 3.52. The number of rotatable bonds is 3. The molecule has 0 aliphatic carbocycles. The smallest absolute Gasteiger partial charge is 0.354 e. The van der Waals surface area contributed by atoms with Crippen LogP contribution in [-0.2, 0) is 4.79 Å². The third-order valence-electron chi connectivity index (χ3n) is 2.11. The molecule has 0 fully saturated rings. The maximum absolute atomic E-state index is 12.6. The number of para-hydroxylation sites is 1. The molecule has 0 saturated carbocycles. The van der Waals surface area contributed by atoms with Gasteiger partial charge in [0.1, 0.15) is 17.8 Å². The molecular weight excluding hydrogens is 233 g/mol. The van der Waals surface area contributed by atoms with E-state index in [-0.39, 0.29) is 5.82 Å². The molecule has 18 heavy (non-hydrogen) atoms. The van der Waals surface area contributed by atoms with Crippen molar-refractivity contribution in [1.29, 1.82) is 0 Å². The van der Waals surface area contributed by atoms with Crippen molar-refractivity contribution < 1.29 is 13.9 Å². The monoisotopic (exact) mass is 243 g/mol. The molecule has 0 aliphatic rings. The first-order chi connectivity index (χ1) is 8.74. The molecule has 0 amide bonds. The predicted octanol–water partition coefficient (Wildman–Crippen LogP) is 3.13. The van der Waals surface area contributed by atoms with E-state index in [2.05, 4.69) is 4.99 Å². The van der Waals surface area contributed by atoms with Crippen LogP contribution in [-0.4, -0.2) is 12.2 Å². The molecule has 0 atom stereocenters. The summed E-state index contributed by atoms with van der Waals surface area (Å²) in [6.45, 7) is 0. The predicted molar refractivity (Wildman–Crippen MR) is 66.6 cm³/mol. The largest absolute Gasteiger partial charge is 0.422 e. The molecule has 0 aliphatic heterocycles. The zero-order valence-corrected chi connectivity index (χ0v) is 9.42. The molecule has 3 nitrogen and oxygen atoms in total. The van der Waals surface area contributed by atoms with Gasteiger partial charge in [-0.1, -0.05) is 18.2 Å². The third-order valence-corrected chi connectivity index (χ3v) is 2.11. The van der Waals surface area contributed by atoms with Crippen LogP contribution in [0.4, 0.5) is 10.1 Å². The number of esters is 1. The highest BCUT2D eigenvalue weighted by Crippen LogP contribution is 2.12. The van der Waals surface area contributed by atoms with Crippen molar-refractivity contribution in [2.45, 2.75) is 0 Å². The molecule has 0 spiro atoms. The van der Waals surface area contributed by atoms with E-state index < -0.39 is 5.97 Å². The fourth-order valence-electron chi connectivity index (χ4n) is 1.29. The Labute approximate surface area is 104 Å². The van der Waals surface area contributed by atoms with Crippen LogP contribution in [0.1, 0.15) is 0 Å².